The van der Waals surface area contributed by atoms with Gasteiger partial charge in [-0.05, 0) is 93.2 Å². The molecular weight excluding hydrogens is 494 g/mol. The third kappa shape index (κ3) is 4.19. The SMILES string of the molecule is COc1ccc(C(=O)/C=C/c2cc(I)c(O)c(I)c2)cc1. The van der Waals surface area contributed by atoms with Crippen LogP contribution in [0.5, 0.6) is 11.5 Å². The lowest BCUT2D eigenvalue weighted by atomic mass is 10.1. The Morgan fingerprint density at radius 3 is 2.24 bits per heavy atom. The fourth-order valence-corrected chi connectivity index (χ4v) is 3.52. The van der Waals surface area contributed by atoms with Crippen molar-refractivity contribution in [2.45, 2.75) is 0 Å². The van der Waals surface area contributed by atoms with Crippen LogP contribution in [0.2, 0.25) is 0 Å². The Hall–Kier alpha value is -1.09. The molecule has 0 unspecified atom stereocenters. The number of rotatable bonds is 4. The van der Waals surface area contributed by atoms with Gasteiger partial charge >= 0.3 is 0 Å². The minimum absolute atomic E-state index is 0.0734. The first kappa shape index (κ1) is 16.3. The van der Waals surface area contributed by atoms with E-state index in [1.54, 1.807) is 37.5 Å². The number of ether oxygens (including phenoxy) is 1. The predicted molar refractivity (Wildman–Crippen MR) is 99.9 cm³/mol. The number of benzene rings is 2. The molecule has 108 valence electrons. The number of phenolic OH excluding ortho intramolecular Hbond substituents is 1. The fourth-order valence-electron chi connectivity index (χ4n) is 1.70. The molecule has 1 N–H and O–H groups in total. The topological polar surface area (TPSA) is 46.5 Å². The summed E-state index contributed by atoms with van der Waals surface area (Å²) < 4.78 is 6.58. The highest BCUT2D eigenvalue weighted by molar-refractivity contribution is 14.1. The van der Waals surface area contributed by atoms with Gasteiger partial charge in [0.1, 0.15) is 11.5 Å². The van der Waals surface area contributed by atoms with Gasteiger partial charge in [0.25, 0.3) is 0 Å². The van der Waals surface area contributed by atoms with E-state index in [4.69, 9.17) is 4.74 Å². The third-order valence-corrected chi connectivity index (χ3v) is 4.49. The molecule has 0 aromatic heterocycles. The van der Waals surface area contributed by atoms with Gasteiger partial charge in [0.2, 0.25) is 0 Å². The number of aromatic hydroxyl groups is 1. The van der Waals surface area contributed by atoms with Crippen LogP contribution in [-0.2, 0) is 0 Å². The Morgan fingerprint density at radius 1 is 1.14 bits per heavy atom. The van der Waals surface area contributed by atoms with Gasteiger partial charge in [0.05, 0.1) is 14.3 Å². The van der Waals surface area contributed by atoms with Gasteiger partial charge in [0.15, 0.2) is 5.78 Å². The number of allylic oxidation sites excluding steroid dienone is 1. The summed E-state index contributed by atoms with van der Waals surface area (Å²) in [6.07, 6.45) is 3.27. The number of hydrogen-bond donors (Lipinski definition) is 1. The zero-order valence-corrected chi connectivity index (χ0v) is 15.5. The second-order valence-corrected chi connectivity index (χ2v) is 6.58. The minimum atomic E-state index is -0.0734. The molecule has 0 aliphatic heterocycles. The Kier molecular flexibility index (Phi) is 5.63. The van der Waals surface area contributed by atoms with E-state index in [0.717, 1.165) is 18.5 Å². The van der Waals surface area contributed by atoms with Crippen molar-refractivity contribution in [2.24, 2.45) is 0 Å². The normalized spacial score (nSPS) is 10.8. The summed E-state index contributed by atoms with van der Waals surface area (Å²) in [6.45, 7) is 0. The van der Waals surface area contributed by atoms with Gasteiger partial charge in [-0.1, -0.05) is 6.08 Å². The van der Waals surface area contributed by atoms with Crippen molar-refractivity contribution in [2.75, 3.05) is 7.11 Å². The maximum Gasteiger partial charge on any atom is 0.185 e. The Balaban J connectivity index is 2.18. The smallest absolute Gasteiger partial charge is 0.185 e. The van der Waals surface area contributed by atoms with Gasteiger partial charge in [-0.3, -0.25) is 4.79 Å². The van der Waals surface area contributed by atoms with Crippen LogP contribution in [0.1, 0.15) is 15.9 Å². The largest absolute Gasteiger partial charge is 0.506 e. The van der Waals surface area contributed by atoms with Crippen LogP contribution in [-0.4, -0.2) is 18.0 Å². The lowest BCUT2D eigenvalue weighted by Crippen LogP contribution is -1.94. The van der Waals surface area contributed by atoms with Crippen LogP contribution in [0, 0.1) is 7.14 Å². The third-order valence-electron chi connectivity index (χ3n) is 2.84. The molecule has 0 saturated heterocycles. The maximum atomic E-state index is 12.1. The molecule has 0 fully saturated rings. The van der Waals surface area contributed by atoms with E-state index in [2.05, 4.69) is 45.2 Å². The molecule has 2 rings (SSSR count). The molecule has 2 aromatic rings. The number of carbonyl (C=O) groups is 1. The van der Waals surface area contributed by atoms with Crippen molar-refractivity contribution < 1.29 is 14.6 Å². The number of halogens is 2. The van der Waals surface area contributed by atoms with E-state index in [1.165, 1.54) is 6.08 Å². The highest BCUT2D eigenvalue weighted by Crippen LogP contribution is 2.27. The highest BCUT2D eigenvalue weighted by atomic mass is 127. The first-order valence-electron chi connectivity index (χ1n) is 6.05. The second-order valence-electron chi connectivity index (χ2n) is 4.26. The zero-order valence-electron chi connectivity index (χ0n) is 11.1. The number of ketones is 1. The van der Waals surface area contributed by atoms with Crippen molar-refractivity contribution in [3.8, 4) is 11.5 Å². The molecule has 0 radical (unpaired) electrons. The van der Waals surface area contributed by atoms with Crippen molar-refractivity contribution in [3.63, 3.8) is 0 Å². The monoisotopic (exact) mass is 506 g/mol. The molecule has 0 aliphatic carbocycles. The van der Waals surface area contributed by atoms with Crippen molar-refractivity contribution in [1.82, 2.24) is 0 Å². The first-order valence-corrected chi connectivity index (χ1v) is 8.21. The fraction of sp³-hybridized carbons (Fsp3) is 0.0625. The predicted octanol–water partition coefficient (Wildman–Crippen LogP) is 4.51. The van der Waals surface area contributed by atoms with Gasteiger partial charge in [-0.2, -0.15) is 0 Å². The van der Waals surface area contributed by atoms with Crippen LogP contribution in [0.25, 0.3) is 6.08 Å². The molecule has 2 aromatic carbocycles. The zero-order chi connectivity index (χ0) is 15.4. The molecule has 0 atom stereocenters. The number of carbonyl (C=O) groups excluding carboxylic acids is 1. The molecular formula is C16H12I2O3. The molecule has 0 bridgehead atoms. The number of hydrogen-bond acceptors (Lipinski definition) is 3. The van der Waals surface area contributed by atoms with E-state index in [9.17, 15) is 9.90 Å². The lowest BCUT2D eigenvalue weighted by molar-refractivity contribution is 0.104. The molecule has 21 heavy (non-hydrogen) atoms. The van der Waals surface area contributed by atoms with Crippen LogP contribution in [0.3, 0.4) is 0 Å². The van der Waals surface area contributed by atoms with Crippen molar-refractivity contribution in [3.05, 3.63) is 60.7 Å². The molecule has 3 nitrogen and oxygen atoms in total. The Labute approximate surface area is 150 Å². The molecule has 0 aliphatic rings. The summed E-state index contributed by atoms with van der Waals surface area (Å²) in [5.74, 6) is 0.920. The van der Waals surface area contributed by atoms with Gasteiger partial charge < -0.3 is 9.84 Å². The summed E-state index contributed by atoms with van der Waals surface area (Å²) in [5.41, 5.74) is 1.48. The lowest BCUT2D eigenvalue weighted by Gasteiger charge is -2.02. The Morgan fingerprint density at radius 2 is 1.71 bits per heavy atom. The summed E-state index contributed by atoms with van der Waals surface area (Å²) in [4.78, 5) is 12.1. The van der Waals surface area contributed by atoms with E-state index < -0.39 is 0 Å². The summed E-state index contributed by atoms with van der Waals surface area (Å²) in [7, 11) is 1.59. The van der Waals surface area contributed by atoms with Gasteiger partial charge in [-0.25, -0.2) is 0 Å². The molecule has 0 saturated carbocycles. The van der Waals surface area contributed by atoms with Crippen LogP contribution < -0.4 is 4.74 Å². The molecule has 0 heterocycles. The van der Waals surface area contributed by atoms with Gasteiger partial charge in [-0.15, -0.1) is 0 Å². The summed E-state index contributed by atoms with van der Waals surface area (Å²) in [5, 5.41) is 9.72. The first-order chi connectivity index (χ1) is 10.0. The Bertz CT molecular complexity index is 668. The van der Waals surface area contributed by atoms with Crippen LogP contribution in [0.4, 0.5) is 0 Å². The summed E-state index contributed by atoms with van der Waals surface area (Å²) in [6, 6.07) is 10.6. The average Bonchev–Trinajstić information content (AvgIpc) is 2.50. The molecule has 5 heteroatoms. The molecule has 0 spiro atoms. The van der Waals surface area contributed by atoms with E-state index >= 15 is 0 Å². The van der Waals surface area contributed by atoms with Crippen molar-refractivity contribution >= 4 is 57.0 Å². The van der Waals surface area contributed by atoms with E-state index in [0.29, 0.717) is 5.56 Å². The molecule has 0 amide bonds. The standard InChI is InChI=1S/C16H12I2O3/c1-21-12-5-3-11(4-6-12)15(19)7-2-10-8-13(17)16(20)14(18)9-10/h2-9,20H,1H3/b7-2+. The maximum absolute atomic E-state index is 12.1. The van der Waals surface area contributed by atoms with E-state index in [-0.39, 0.29) is 11.5 Å². The number of methoxy groups -OCH3 is 1. The quantitative estimate of drug-likeness (QED) is 0.378. The van der Waals surface area contributed by atoms with E-state index in [1.807, 2.05) is 12.1 Å². The van der Waals surface area contributed by atoms with Crippen molar-refractivity contribution in [1.29, 1.82) is 0 Å². The summed E-state index contributed by atoms with van der Waals surface area (Å²) >= 11 is 4.13. The van der Waals surface area contributed by atoms with Crippen LogP contribution in [0.15, 0.2) is 42.5 Å². The highest BCUT2D eigenvalue weighted by Gasteiger charge is 2.05. The minimum Gasteiger partial charge on any atom is -0.506 e. The second kappa shape index (κ2) is 7.26. The number of phenols is 1. The van der Waals surface area contributed by atoms with Gasteiger partial charge in [0, 0.05) is 5.56 Å². The van der Waals surface area contributed by atoms with Crippen LogP contribution >= 0.6 is 45.2 Å². The average molecular weight is 506 g/mol.